The minimum atomic E-state index is -3.02. The van der Waals surface area contributed by atoms with Crippen LogP contribution in [0.25, 0.3) is 22.2 Å². The summed E-state index contributed by atoms with van der Waals surface area (Å²) in [7, 11) is -1.29. The maximum atomic E-state index is 11.9. The number of nitrogens with zero attached hydrogens (tertiary/aromatic N) is 6. The van der Waals surface area contributed by atoms with Gasteiger partial charge in [-0.05, 0) is 60.7 Å². The number of anilines is 3. The van der Waals surface area contributed by atoms with E-state index in [1.54, 1.807) is 19.4 Å². The zero-order valence-corrected chi connectivity index (χ0v) is 26.7. The van der Waals surface area contributed by atoms with Crippen molar-refractivity contribution in [3.63, 3.8) is 0 Å². The third-order valence-corrected chi connectivity index (χ3v) is 10.1. The molecule has 0 spiro atoms. The molecule has 0 bridgehead atoms. The van der Waals surface area contributed by atoms with Gasteiger partial charge in [-0.2, -0.15) is 5.10 Å². The van der Waals surface area contributed by atoms with E-state index in [4.69, 9.17) is 26.3 Å². The van der Waals surface area contributed by atoms with E-state index < -0.39 is 9.84 Å². The summed E-state index contributed by atoms with van der Waals surface area (Å²) < 4.78 is 30.9. The minimum Gasteiger partial charge on any atom is -0.384 e. The molecule has 1 saturated carbocycles. The van der Waals surface area contributed by atoms with Crippen LogP contribution in [-0.2, 0) is 14.6 Å². The Bertz CT molecular complexity index is 1750. The van der Waals surface area contributed by atoms with Crippen LogP contribution in [0.4, 0.5) is 17.3 Å². The third kappa shape index (κ3) is 6.07. The lowest BCUT2D eigenvalue weighted by Gasteiger charge is -2.48. The number of benzene rings is 1. The average Bonchev–Trinajstić information content (AvgIpc) is 3.32. The monoisotopic (exact) mass is 623 g/mol. The Hall–Kier alpha value is -3.28. The molecule has 1 aromatic carbocycles. The van der Waals surface area contributed by atoms with E-state index in [9.17, 15) is 8.42 Å². The number of hydrogen-bond acceptors (Lipinski definition) is 9. The molecule has 4 aromatic rings. The van der Waals surface area contributed by atoms with Gasteiger partial charge in [-0.1, -0.05) is 31.5 Å². The fraction of sp³-hybridized carbons (Fsp3) is 0.484. The predicted molar refractivity (Wildman–Crippen MR) is 171 cm³/mol. The van der Waals surface area contributed by atoms with Crippen LogP contribution in [-0.4, -0.2) is 71.5 Å². The van der Waals surface area contributed by atoms with Crippen LogP contribution in [0.15, 0.2) is 42.9 Å². The molecule has 0 radical (unpaired) electrons. The minimum absolute atomic E-state index is 0.123. The highest BCUT2D eigenvalue weighted by Crippen LogP contribution is 2.41. The lowest BCUT2D eigenvalue weighted by molar-refractivity contribution is 0.0733. The van der Waals surface area contributed by atoms with Crippen LogP contribution >= 0.6 is 11.6 Å². The summed E-state index contributed by atoms with van der Waals surface area (Å²) in [6.45, 7) is 7.93. The smallest absolute Gasteiger partial charge is 0.166 e. The van der Waals surface area contributed by atoms with Crippen molar-refractivity contribution in [3.05, 3.63) is 53.6 Å². The van der Waals surface area contributed by atoms with Crippen molar-refractivity contribution in [2.45, 2.75) is 51.6 Å². The van der Waals surface area contributed by atoms with Gasteiger partial charge in [0.1, 0.15) is 21.5 Å². The van der Waals surface area contributed by atoms with Crippen molar-refractivity contribution in [1.29, 1.82) is 0 Å². The highest BCUT2D eigenvalue weighted by Gasteiger charge is 2.38. The molecular weight excluding hydrogens is 586 g/mol. The SMILES string of the molecule is COCC1CC(n2cc(-c3nccc(Nc4cc5c(C(C)C)ccc(N6C[C@H](CS(C)(=O)=O)[C@H]6C)c5cn4)n3)c(Cl)n2)C1. The van der Waals surface area contributed by atoms with Crippen molar-refractivity contribution in [1.82, 2.24) is 24.7 Å². The Morgan fingerprint density at radius 3 is 2.63 bits per heavy atom. The molecule has 43 heavy (non-hydrogen) atoms. The zero-order valence-electron chi connectivity index (χ0n) is 25.2. The van der Waals surface area contributed by atoms with E-state index in [-0.39, 0.29) is 17.7 Å². The summed E-state index contributed by atoms with van der Waals surface area (Å²) in [5.74, 6) is 2.96. The van der Waals surface area contributed by atoms with E-state index in [0.717, 1.165) is 35.9 Å². The van der Waals surface area contributed by atoms with E-state index in [0.29, 0.717) is 52.6 Å². The standard InChI is InChI=1S/C31H38ClN7O3S/c1-18(2)23-6-7-27(38-14-21(19(38)3)17-43(5,40)41)25-13-34-29(12-24(23)25)35-28-8-9-33-31(36-28)26-15-39(37-30(26)32)22-10-20(11-22)16-42-4/h6-9,12-13,15,18-22H,10-11,14,16-17H2,1-5H3,(H,33,34,35,36)/t19-,20?,21-,22?/m1/s1. The average molecular weight is 624 g/mol. The molecule has 0 amide bonds. The highest BCUT2D eigenvalue weighted by molar-refractivity contribution is 7.90. The molecular formula is C31H38ClN7O3S. The molecule has 2 aliphatic rings. The number of nitrogens with one attached hydrogen (secondary N) is 1. The number of hydrogen-bond donors (Lipinski definition) is 1. The molecule has 228 valence electrons. The van der Waals surface area contributed by atoms with Crippen LogP contribution in [0.2, 0.25) is 5.15 Å². The van der Waals surface area contributed by atoms with E-state index >= 15 is 0 Å². The van der Waals surface area contributed by atoms with Gasteiger partial charge in [0.25, 0.3) is 0 Å². The van der Waals surface area contributed by atoms with Gasteiger partial charge >= 0.3 is 0 Å². The number of aromatic nitrogens is 5. The second kappa shape index (κ2) is 11.7. The van der Waals surface area contributed by atoms with Crippen molar-refractivity contribution < 1.29 is 13.2 Å². The molecule has 1 aliphatic heterocycles. The maximum absolute atomic E-state index is 11.9. The van der Waals surface area contributed by atoms with Crippen LogP contribution in [0.3, 0.4) is 0 Å². The van der Waals surface area contributed by atoms with Crippen LogP contribution in [0.5, 0.6) is 0 Å². The van der Waals surface area contributed by atoms with Gasteiger partial charge < -0.3 is 15.0 Å². The zero-order chi connectivity index (χ0) is 30.5. The van der Waals surface area contributed by atoms with Gasteiger partial charge in [-0.25, -0.2) is 23.4 Å². The van der Waals surface area contributed by atoms with Gasteiger partial charge in [0, 0.05) is 68.1 Å². The van der Waals surface area contributed by atoms with Gasteiger partial charge in [0.05, 0.1) is 17.4 Å². The summed E-state index contributed by atoms with van der Waals surface area (Å²) in [6.07, 6.45) is 8.86. The van der Waals surface area contributed by atoms with Crippen molar-refractivity contribution in [2.75, 3.05) is 42.5 Å². The molecule has 4 heterocycles. The first-order valence-electron chi connectivity index (χ1n) is 14.7. The second-order valence-corrected chi connectivity index (χ2v) is 14.9. The number of rotatable bonds is 10. The molecule has 1 aliphatic carbocycles. The fourth-order valence-corrected chi connectivity index (χ4v) is 7.72. The lowest BCUT2D eigenvalue weighted by atomic mass is 9.81. The summed E-state index contributed by atoms with van der Waals surface area (Å²) in [6, 6.07) is 8.61. The summed E-state index contributed by atoms with van der Waals surface area (Å²) in [5.41, 5.74) is 2.99. The van der Waals surface area contributed by atoms with Crippen molar-refractivity contribution in [3.8, 4) is 11.4 Å². The number of methoxy groups -OCH3 is 1. The quantitative estimate of drug-likeness (QED) is 0.231. The Balaban J connectivity index is 1.24. The summed E-state index contributed by atoms with van der Waals surface area (Å²) >= 11 is 6.53. The van der Waals surface area contributed by atoms with Crippen LogP contribution in [0.1, 0.15) is 51.1 Å². The number of fused-ring (bicyclic) bond motifs is 1. The largest absolute Gasteiger partial charge is 0.384 e. The molecule has 2 atom stereocenters. The van der Waals surface area contributed by atoms with Gasteiger partial charge in [-0.3, -0.25) is 4.68 Å². The lowest BCUT2D eigenvalue weighted by Crippen LogP contribution is -2.57. The third-order valence-electron chi connectivity index (χ3n) is 8.79. The summed E-state index contributed by atoms with van der Waals surface area (Å²) in [5, 5.41) is 10.4. The van der Waals surface area contributed by atoms with Gasteiger partial charge in [0.15, 0.2) is 11.0 Å². The van der Waals surface area contributed by atoms with Crippen molar-refractivity contribution >= 4 is 49.5 Å². The normalized spacial score (nSPS) is 22.1. The molecule has 1 N–H and O–H groups in total. The first-order valence-corrected chi connectivity index (χ1v) is 17.2. The molecule has 12 heteroatoms. The first kappa shape index (κ1) is 29.8. The molecule has 6 rings (SSSR count). The Labute approximate surface area is 257 Å². The highest BCUT2D eigenvalue weighted by atomic mass is 35.5. The van der Waals surface area contributed by atoms with Gasteiger partial charge in [0.2, 0.25) is 0 Å². The summed E-state index contributed by atoms with van der Waals surface area (Å²) in [4.78, 5) is 16.2. The number of pyridine rings is 1. The molecule has 1 saturated heterocycles. The van der Waals surface area contributed by atoms with Crippen LogP contribution < -0.4 is 10.2 Å². The van der Waals surface area contributed by atoms with E-state index in [2.05, 4.69) is 59.3 Å². The predicted octanol–water partition coefficient (Wildman–Crippen LogP) is 5.88. The number of ether oxygens (including phenoxy) is 1. The molecule has 3 aromatic heterocycles. The Kier molecular flexibility index (Phi) is 8.08. The fourth-order valence-electron chi connectivity index (χ4n) is 6.34. The van der Waals surface area contributed by atoms with E-state index in [1.165, 1.54) is 11.8 Å². The van der Waals surface area contributed by atoms with Crippen LogP contribution in [0, 0.1) is 11.8 Å². The van der Waals surface area contributed by atoms with E-state index in [1.807, 2.05) is 17.1 Å². The maximum Gasteiger partial charge on any atom is 0.166 e. The Morgan fingerprint density at radius 1 is 1.14 bits per heavy atom. The molecule has 0 unspecified atom stereocenters. The topological polar surface area (TPSA) is 115 Å². The molecule has 2 fully saturated rings. The number of sulfone groups is 1. The van der Waals surface area contributed by atoms with Crippen molar-refractivity contribution in [2.24, 2.45) is 11.8 Å². The molecule has 10 nitrogen and oxygen atoms in total. The first-order chi connectivity index (χ1) is 20.5. The van der Waals surface area contributed by atoms with Gasteiger partial charge in [-0.15, -0.1) is 0 Å². The Morgan fingerprint density at radius 2 is 1.93 bits per heavy atom. The second-order valence-electron chi connectivity index (χ2n) is 12.3. The number of halogens is 1.